The average Bonchev–Trinajstić information content (AvgIpc) is 2.48. The summed E-state index contributed by atoms with van der Waals surface area (Å²) in [5.41, 5.74) is 2.15. The molecular formula is C19H28O2. The molecule has 116 valence electrons. The Morgan fingerprint density at radius 2 is 1.67 bits per heavy atom. The second-order valence-corrected chi connectivity index (χ2v) is 7.25. The van der Waals surface area contributed by atoms with Gasteiger partial charge in [-0.05, 0) is 29.7 Å². The van der Waals surface area contributed by atoms with Crippen molar-refractivity contribution in [1.29, 1.82) is 0 Å². The van der Waals surface area contributed by atoms with Gasteiger partial charge in [0.1, 0.15) is 6.10 Å². The maximum Gasteiger partial charge on any atom is 0.191 e. The lowest BCUT2D eigenvalue weighted by atomic mass is 9.81. The van der Waals surface area contributed by atoms with Crippen molar-refractivity contribution in [3.63, 3.8) is 0 Å². The van der Waals surface area contributed by atoms with Crippen molar-refractivity contribution >= 4 is 5.78 Å². The number of rotatable bonds is 4. The molecule has 0 aliphatic heterocycles. The van der Waals surface area contributed by atoms with Crippen molar-refractivity contribution in [1.82, 2.24) is 0 Å². The Labute approximate surface area is 128 Å². The highest BCUT2D eigenvalue weighted by atomic mass is 16.5. The molecule has 1 saturated carbocycles. The maximum atomic E-state index is 12.7. The summed E-state index contributed by atoms with van der Waals surface area (Å²) in [6, 6.07) is 8.05. The predicted molar refractivity (Wildman–Crippen MR) is 86.8 cm³/mol. The Bertz CT molecular complexity index is 461. The first-order valence-corrected chi connectivity index (χ1v) is 8.11. The molecule has 21 heavy (non-hydrogen) atoms. The van der Waals surface area contributed by atoms with Crippen LogP contribution >= 0.6 is 0 Å². The molecule has 2 nitrogen and oxygen atoms in total. The Balaban J connectivity index is 2.13. The average molecular weight is 288 g/mol. The van der Waals surface area contributed by atoms with Gasteiger partial charge in [-0.1, -0.05) is 64.3 Å². The fourth-order valence-corrected chi connectivity index (χ4v) is 3.25. The van der Waals surface area contributed by atoms with Crippen LogP contribution in [0.4, 0.5) is 0 Å². The molecule has 0 bridgehead atoms. The third-order valence-electron chi connectivity index (χ3n) is 4.63. The van der Waals surface area contributed by atoms with Crippen LogP contribution in [0.2, 0.25) is 0 Å². The molecule has 0 spiro atoms. The van der Waals surface area contributed by atoms with Crippen LogP contribution in [0.5, 0.6) is 0 Å². The van der Waals surface area contributed by atoms with E-state index in [2.05, 4.69) is 32.9 Å². The molecule has 1 atom stereocenters. The minimum atomic E-state index is -0.272. The van der Waals surface area contributed by atoms with E-state index in [0.29, 0.717) is 5.92 Å². The van der Waals surface area contributed by atoms with E-state index in [9.17, 15) is 4.79 Å². The zero-order chi connectivity index (χ0) is 15.5. The van der Waals surface area contributed by atoms with Crippen molar-refractivity contribution in [2.24, 2.45) is 5.92 Å². The number of ketones is 1. The maximum absolute atomic E-state index is 12.7. The summed E-state index contributed by atoms with van der Waals surface area (Å²) in [5, 5.41) is 0. The van der Waals surface area contributed by atoms with Crippen molar-refractivity contribution in [2.45, 2.75) is 64.4 Å². The second kappa shape index (κ2) is 6.74. The Morgan fingerprint density at radius 1 is 1.10 bits per heavy atom. The Hall–Kier alpha value is -1.15. The molecule has 0 heterocycles. The van der Waals surface area contributed by atoms with E-state index in [1.54, 1.807) is 7.11 Å². The zero-order valence-electron chi connectivity index (χ0n) is 13.8. The summed E-state index contributed by atoms with van der Waals surface area (Å²) in [7, 11) is 1.67. The predicted octanol–water partition coefficient (Wildman–Crippen LogP) is 4.76. The standard InChI is InChI=1S/C19H28O2/c1-19(2,3)16-12-10-14(11-13-16)17(20)18(21-4)15-8-6-5-7-9-15/h10-13,15,18H,5-9H2,1-4H3. The molecule has 0 radical (unpaired) electrons. The number of hydrogen-bond donors (Lipinski definition) is 0. The number of ether oxygens (including phenoxy) is 1. The van der Waals surface area contributed by atoms with Gasteiger partial charge in [-0.3, -0.25) is 4.79 Å². The molecule has 1 fully saturated rings. The number of benzene rings is 1. The summed E-state index contributed by atoms with van der Waals surface area (Å²) in [6.45, 7) is 6.55. The van der Waals surface area contributed by atoms with Crippen LogP contribution in [-0.4, -0.2) is 19.0 Å². The third-order valence-corrected chi connectivity index (χ3v) is 4.63. The molecule has 0 aromatic heterocycles. The van der Waals surface area contributed by atoms with Gasteiger partial charge in [0.05, 0.1) is 0 Å². The topological polar surface area (TPSA) is 26.3 Å². The van der Waals surface area contributed by atoms with Crippen LogP contribution in [0, 0.1) is 5.92 Å². The van der Waals surface area contributed by atoms with E-state index in [-0.39, 0.29) is 17.3 Å². The molecule has 1 aromatic carbocycles. The number of carbonyl (C=O) groups excluding carboxylic acids is 1. The largest absolute Gasteiger partial charge is 0.373 e. The minimum Gasteiger partial charge on any atom is -0.373 e. The molecule has 1 aromatic rings. The summed E-state index contributed by atoms with van der Waals surface area (Å²) >= 11 is 0. The van der Waals surface area contributed by atoms with Gasteiger partial charge in [0.2, 0.25) is 0 Å². The Kier molecular flexibility index (Phi) is 5.21. The monoisotopic (exact) mass is 288 g/mol. The van der Waals surface area contributed by atoms with Gasteiger partial charge in [0.25, 0.3) is 0 Å². The van der Waals surface area contributed by atoms with Crippen LogP contribution < -0.4 is 0 Å². The first kappa shape index (κ1) is 16.2. The highest BCUT2D eigenvalue weighted by Gasteiger charge is 2.30. The quantitative estimate of drug-likeness (QED) is 0.746. The van der Waals surface area contributed by atoms with Crippen molar-refractivity contribution in [2.75, 3.05) is 7.11 Å². The van der Waals surface area contributed by atoms with Gasteiger partial charge in [0, 0.05) is 12.7 Å². The fourth-order valence-electron chi connectivity index (χ4n) is 3.25. The number of hydrogen-bond acceptors (Lipinski definition) is 2. The van der Waals surface area contributed by atoms with Crippen LogP contribution in [-0.2, 0) is 10.2 Å². The van der Waals surface area contributed by atoms with Crippen molar-refractivity contribution < 1.29 is 9.53 Å². The van der Waals surface area contributed by atoms with Crippen LogP contribution in [0.3, 0.4) is 0 Å². The molecule has 1 aliphatic rings. The van der Waals surface area contributed by atoms with Crippen LogP contribution in [0.1, 0.15) is 68.8 Å². The van der Waals surface area contributed by atoms with E-state index >= 15 is 0 Å². The van der Waals surface area contributed by atoms with E-state index in [4.69, 9.17) is 4.74 Å². The van der Waals surface area contributed by atoms with Crippen LogP contribution in [0.15, 0.2) is 24.3 Å². The van der Waals surface area contributed by atoms with Gasteiger partial charge in [-0.15, -0.1) is 0 Å². The molecule has 0 N–H and O–H groups in total. The summed E-state index contributed by atoms with van der Waals surface area (Å²) in [6.07, 6.45) is 5.70. The molecule has 2 rings (SSSR count). The highest BCUT2D eigenvalue weighted by Crippen LogP contribution is 2.30. The summed E-state index contributed by atoms with van der Waals surface area (Å²) in [4.78, 5) is 12.7. The first-order chi connectivity index (χ1) is 9.93. The molecule has 2 heteroatoms. The smallest absolute Gasteiger partial charge is 0.191 e. The van der Waals surface area contributed by atoms with Crippen molar-refractivity contribution in [3.8, 4) is 0 Å². The van der Waals surface area contributed by atoms with E-state index < -0.39 is 0 Å². The van der Waals surface area contributed by atoms with Crippen molar-refractivity contribution in [3.05, 3.63) is 35.4 Å². The molecular weight excluding hydrogens is 260 g/mol. The molecule has 0 amide bonds. The zero-order valence-corrected chi connectivity index (χ0v) is 13.8. The molecule has 0 saturated heterocycles. The number of carbonyl (C=O) groups is 1. The van der Waals surface area contributed by atoms with Gasteiger partial charge in [-0.25, -0.2) is 0 Å². The van der Waals surface area contributed by atoms with E-state index in [1.807, 2.05) is 12.1 Å². The SMILES string of the molecule is COC(C(=O)c1ccc(C(C)(C)C)cc1)C1CCCCC1. The normalized spacial score (nSPS) is 18.5. The number of Topliss-reactive ketones (excluding diaryl/α,β-unsaturated/α-hetero) is 1. The van der Waals surface area contributed by atoms with Gasteiger partial charge in [0.15, 0.2) is 5.78 Å². The van der Waals surface area contributed by atoms with E-state index in [0.717, 1.165) is 18.4 Å². The lowest BCUT2D eigenvalue weighted by Crippen LogP contribution is -2.33. The molecule has 1 aliphatic carbocycles. The minimum absolute atomic E-state index is 0.117. The lowest BCUT2D eigenvalue weighted by molar-refractivity contribution is 0.0314. The van der Waals surface area contributed by atoms with Gasteiger partial charge < -0.3 is 4.74 Å². The second-order valence-electron chi connectivity index (χ2n) is 7.25. The van der Waals surface area contributed by atoms with E-state index in [1.165, 1.54) is 24.8 Å². The first-order valence-electron chi connectivity index (χ1n) is 8.11. The third kappa shape index (κ3) is 3.94. The van der Waals surface area contributed by atoms with Gasteiger partial charge >= 0.3 is 0 Å². The summed E-state index contributed by atoms with van der Waals surface area (Å²) in [5.74, 6) is 0.531. The van der Waals surface area contributed by atoms with Crippen LogP contribution in [0.25, 0.3) is 0 Å². The van der Waals surface area contributed by atoms with Gasteiger partial charge in [-0.2, -0.15) is 0 Å². The fraction of sp³-hybridized carbons (Fsp3) is 0.632. The molecule has 1 unspecified atom stereocenters. The number of methoxy groups -OCH3 is 1. The lowest BCUT2D eigenvalue weighted by Gasteiger charge is -2.28. The summed E-state index contributed by atoms with van der Waals surface area (Å²) < 4.78 is 5.55. The Morgan fingerprint density at radius 3 is 2.14 bits per heavy atom. The highest BCUT2D eigenvalue weighted by molar-refractivity contribution is 5.99.